The highest BCUT2D eigenvalue weighted by atomic mass is 16.4. The fourth-order valence-electron chi connectivity index (χ4n) is 3.37. The van der Waals surface area contributed by atoms with Crippen LogP contribution >= 0.6 is 0 Å². The number of nitrogens with one attached hydrogen (secondary N) is 2. The first kappa shape index (κ1) is 12.9. The van der Waals surface area contributed by atoms with E-state index in [1.807, 2.05) is 12.2 Å². The van der Waals surface area contributed by atoms with Crippen molar-refractivity contribution in [1.29, 1.82) is 0 Å². The van der Waals surface area contributed by atoms with E-state index < -0.39 is 17.8 Å². The molecule has 0 aromatic carbocycles. The zero-order valence-electron chi connectivity index (χ0n) is 11.0. The molecule has 4 atom stereocenters. The van der Waals surface area contributed by atoms with Crippen molar-refractivity contribution in [2.45, 2.75) is 12.8 Å². The first-order valence-electron chi connectivity index (χ1n) is 6.84. The van der Waals surface area contributed by atoms with Crippen molar-refractivity contribution in [1.82, 2.24) is 15.3 Å². The first-order chi connectivity index (χ1) is 9.66. The molecule has 1 aromatic heterocycles. The van der Waals surface area contributed by atoms with Crippen LogP contribution in [0.25, 0.3) is 0 Å². The molecule has 1 saturated carbocycles. The highest BCUT2D eigenvalue weighted by Crippen LogP contribution is 2.48. The largest absolute Gasteiger partial charge is 0.481 e. The summed E-state index contributed by atoms with van der Waals surface area (Å²) in [6, 6.07) is 0. The molecule has 6 heteroatoms. The standard InChI is InChI=1S/C14H17N3O3/c18-13(17-4-3-10-15-5-6-16-10)11-8-1-2-9(7-8)12(11)14(19)20/h1-2,5-6,8-9,11-12H,3-4,7H2,(H,15,16)(H,17,18)(H,19,20)/t8?,9?,11-,12+/m0/s1. The lowest BCUT2D eigenvalue weighted by atomic mass is 9.82. The molecule has 3 N–H and O–H groups in total. The summed E-state index contributed by atoms with van der Waals surface area (Å²) >= 11 is 0. The third-order valence-corrected chi connectivity index (χ3v) is 4.26. The Morgan fingerprint density at radius 1 is 1.35 bits per heavy atom. The molecule has 1 amide bonds. The minimum atomic E-state index is -0.868. The lowest BCUT2D eigenvalue weighted by Crippen LogP contribution is -2.40. The van der Waals surface area contributed by atoms with Crippen LogP contribution in [-0.2, 0) is 16.0 Å². The van der Waals surface area contributed by atoms with E-state index in [0.29, 0.717) is 13.0 Å². The van der Waals surface area contributed by atoms with Crippen molar-refractivity contribution in [2.24, 2.45) is 23.7 Å². The molecule has 1 heterocycles. The molecule has 0 aliphatic heterocycles. The van der Waals surface area contributed by atoms with E-state index in [9.17, 15) is 14.7 Å². The van der Waals surface area contributed by atoms with Crippen LogP contribution in [0.5, 0.6) is 0 Å². The van der Waals surface area contributed by atoms with Gasteiger partial charge in [-0.15, -0.1) is 0 Å². The van der Waals surface area contributed by atoms with Gasteiger partial charge in [0.15, 0.2) is 0 Å². The summed E-state index contributed by atoms with van der Waals surface area (Å²) in [5.74, 6) is -1.13. The molecule has 2 bridgehead atoms. The number of allylic oxidation sites excluding steroid dienone is 2. The smallest absolute Gasteiger partial charge is 0.307 e. The number of H-pyrrole nitrogens is 1. The third-order valence-electron chi connectivity index (χ3n) is 4.26. The number of hydrogen-bond acceptors (Lipinski definition) is 3. The number of aliphatic carboxylic acids is 1. The Labute approximate surface area is 116 Å². The van der Waals surface area contributed by atoms with Crippen molar-refractivity contribution >= 4 is 11.9 Å². The van der Waals surface area contributed by atoms with E-state index in [-0.39, 0.29) is 17.7 Å². The number of carboxylic acid groups (broad SMARTS) is 1. The van der Waals surface area contributed by atoms with E-state index in [1.54, 1.807) is 12.4 Å². The van der Waals surface area contributed by atoms with Crippen LogP contribution in [0, 0.1) is 23.7 Å². The Balaban J connectivity index is 1.59. The molecule has 20 heavy (non-hydrogen) atoms. The van der Waals surface area contributed by atoms with Crippen LogP contribution < -0.4 is 5.32 Å². The molecule has 0 spiro atoms. The van der Waals surface area contributed by atoms with Gasteiger partial charge in [0.25, 0.3) is 0 Å². The molecular weight excluding hydrogens is 258 g/mol. The average molecular weight is 275 g/mol. The van der Waals surface area contributed by atoms with Crippen LogP contribution in [0.3, 0.4) is 0 Å². The minimum absolute atomic E-state index is 0.0123. The topological polar surface area (TPSA) is 95.1 Å². The Hall–Kier alpha value is -2.11. The van der Waals surface area contributed by atoms with Crippen molar-refractivity contribution in [3.8, 4) is 0 Å². The summed E-state index contributed by atoms with van der Waals surface area (Å²) in [5, 5.41) is 12.1. The van der Waals surface area contributed by atoms with Crippen molar-refractivity contribution in [3.63, 3.8) is 0 Å². The molecule has 2 aliphatic carbocycles. The molecular formula is C14H17N3O3. The fraction of sp³-hybridized carbons (Fsp3) is 0.500. The van der Waals surface area contributed by atoms with E-state index in [1.165, 1.54) is 0 Å². The number of hydrogen-bond donors (Lipinski definition) is 3. The third kappa shape index (κ3) is 2.21. The van der Waals surface area contributed by atoms with Gasteiger partial charge in [0.2, 0.25) is 5.91 Å². The quantitative estimate of drug-likeness (QED) is 0.685. The zero-order valence-corrected chi connectivity index (χ0v) is 11.0. The highest BCUT2D eigenvalue weighted by Gasteiger charge is 2.51. The number of fused-ring (bicyclic) bond motifs is 2. The van der Waals surface area contributed by atoms with Gasteiger partial charge in [-0.25, -0.2) is 4.98 Å². The number of amides is 1. The summed E-state index contributed by atoms with van der Waals surface area (Å²) in [6.45, 7) is 0.469. The van der Waals surface area contributed by atoms with Gasteiger partial charge < -0.3 is 15.4 Å². The lowest BCUT2D eigenvalue weighted by molar-refractivity contribution is -0.147. The second kappa shape index (κ2) is 5.11. The predicted octanol–water partition coefficient (Wildman–Crippen LogP) is 0.591. The summed E-state index contributed by atoms with van der Waals surface area (Å²) in [4.78, 5) is 30.6. The number of carbonyl (C=O) groups is 2. The van der Waals surface area contributed by atoms with Gasteiger partial charge in [0, 0.05) is 25.4 Å². The van der Waals surface area contributed by atoms with Crippen LogP contribution in [0.2, 0.25) is 0 Å². The zero-order chi connectivity index (χ0) is 14.1. The fourth-order valence-corrected chi connectivity index (χ4v) is 3.37. The molecule has 0 saturated heterocycles. The Morgan fingerprint density at radius 2 is 2.10 bits per heavy atom. The summed E-state index contributed by atoms with van der Waals surface area (Å²) in [6.07, 6.45) is 8.73. The molecule has 1 aromatic rings. The normalized spacial score (nSPS) is 30.6. The van der Waals surface area contributed by atoms with Gasteiger partial charge in [-0.1, -0.05) is 12.2 Å². The molecule has 2 unspecified atom stereocenters. The van der Waals surface area contributed by atoms with Gasteiger partial charge in [0.1, 0.15) is 5.82 Å². The van der Waals surface area contributed by atoms with Crippen molar-refractivity contribution in [3.05, 3.63) is 30.4 Å². The maximum atomic E-state index is 12.2. The number of carboxylic acids is 1. The van der Waals surface area contributed by atoms with Gasteiger partial charge >= 0.3 is 5.97 Å². The van der Waals surface area contributed by atoms with E-state index in [4.69, 9.17) is 0 Å². The summed E-state index contributed by atoms with van der Waals surface area (Å²) in [5.41, 5.74) is 0. The number of aromatic amines is 1. The molecule has 2 aliphatic rings. The number of imidazole rings is 1. The molecule has 106 valence electrons. The van der Waals surface area contributed by atoms with E-state index in [0.717, 1.165) is 12.2 Å². The van der Waals surface area contributed by atoms with E-state index >= 15 is 0 Å². The van der Waals surface area contributed by atoms with Gasteiger partial charge in [-0.3, -0.25) is 9.59 Å². The van der Waals surface area contributed by atoms with Crippen LogP contribution in [0.15, 0.2) is 24.5 Å². The Bertz CT molecular complexity index is 538. The lowest BCUT2D eigenvalue weighted by Gasteiger charge is -2.23. The van der Waals surface area contributed by atoms with Gasteiger partial charge in [0.05, 0.1) is 11.8 Å². The number of carbonyl (C=O) groups excluding carboxylic acids is 1. The monoisotopic (exact) mass is 275 g/mol. The minimum Gasteiger partial charge on any atom is -0.481 e. The van der Waals surface area contributed by atoms with Crippen LogP contribution in [0.1, 0.15) is 12.2 Å². The second-order valence-electron chi connectivity index (χ2n) is 5.42. The number of aromatic nitrogens is 2. The second-order valence-corrected chi connectivity index (χ2v) is 5.42. The first-order valence-corrected chi connectivity index (χ1v) is 6.84. The van der Waals surface area contributed by atoms with Gasteiger partial charge in [-0.05, 0) is 18.3 Å². The molecule has 1 fully saturated rings. The Morgan fingerprint density at radius 3 is 2.75 bits per heavy atom. The van der Waals surface area contributed by atoms with E-state index in [2.05, 4.69) is 15.3 Å². The SMILES string of the molecule is O=C(O)[C@@H]1C2C=CC(C2)[C@@H]1C(=O)NCCc1ncc[nH]1. The Kier molecular flexibility index (Phi) is 3.30. The molecule has 6 nitrogen and oxygen atoms in total. The van der Waals surface area contributed by atoms with Crippen molar-refractivity contribution in [2.75, 3.05) is 6.54 Å². The average Bonchev–Trinajstić information content (AvgIpc) is 3.13. The number of rotatable bonds is 5. The maximum Gasteiger partial charge on any atom is 0.307 e. The molecule has 3 rings (SSSR count). The van der Waals surface area contributed by atoms with Crippen molar-refractivity contribution < 1.29 is 14.7 Å². The molecule has 0 radical (unpaired) electrons. The number of nitrogens with zero attached hydrogens (tertiary/aromatic N) is 1. The summed E-state index contributed by atoms with van der Waals surface area (Å²) in [7, 11) is 0. The highest BCUT2D eigenvalue weighted by molar-refractivity contribution is 5.86. The van der Waals surface area contributed by atoms with Gasteiger partial charge in [-0.2, -0.15) is 0 Å². The van der Waals surface area contributed by atoms with Crippen LogP contribution in [-0.4, -0.2) is 33.5 Å². The predicted molar refractivity (Wildman–Crippen MR) is 70.7 cm³/mol. The summed E-state index contributed by atoms with van der Waals surface area (Å²) < 4.78 is 0. The maximum absolute atomic E-state index is 12.2. The van der Waals surface area contributed by atoms with Crippen LogP contribution in [0.4, 0.5) is 0 Å².